The third kappa shape index (κ3) is 3.52. The average molecular weight is 312 g/mol. The summed E-state index contributed by atoms with van der Waals surface area (Å²) >= 11 is 0. The maximum Gasteiger partial charge on any atom is 0.340 e. The van der Waals surface area contributed by atoms with Crippen molar-refractivity contribution in [1.29, 1.82) is 0 Å². The van der Waals surface area contributed by atoms with Crippen LogP contribution in [-0.4, -0.2) is 29.1 Å². The summed E-state index contributed by atoms with van der Waals surface area (Å²) in [5, 5.41) is 9.81. The van der Waals surface area contributed by atoms with Gasteiger partial charge in [0.1, 0.15) is 11.4 Å². The smallest absolute Gasteiger partial charge is 0.340 e. The van der Waals surface area contributed by atoms with E-state index < -0.39 is 5.97 Å². The number of aromatic carboxylic acids is 1. The molecule has 0 saturated carbocycles. The van der Waals surface area contributed by atoms with Gasteiger partial charge >= 0.3 is 5.97 Å². The lowest BCUT2D eigenvalue weighted by atomic mass is 9.96. The highest BCUT2D eigenvalue weighted by atomic mass is 16.4. The molecule has 2 rings (SSSR count). The molecule has 4 nitrogen and oxygen atoms in total. The quantitative estimate of drug-likeness (QED) is 0.858. The van der Waals surface area contributed by atoms with Crippen molar-refractivity contribution < 1.29 is 9.90 Å². The van der Waals surface area contributed by atoms with E-state index >= 15 is 0 Å². The third-order valence-corrected chi connectivity index (χ3v) is 3.97. The van der Waals surface area contributed by atoms with Crippen molar-refractivity contribution >= 4 is 11.8 Å². The second-order valence-electron chi connectivity index (χ2n) is 5.79. The molecule has 0 aliphatic carbocycles. The van der Waals surface area contributed by atoms with Gasteiger partial charge in [-0.2, -0.15) is 0 Å². The number of carbonyl (C=O) groups is 1. The number of carboxylic acids is 1. The van der Waals surface area contributed by atoms with Crippen LogP contribution >= 0.6 is 0 Å². The zero-order chi connectivity index (χ0) is 17.0. The minimum atomic E-state index is -0.937. The van der Waals surface area contributed by atoms with Gasteiger partial charge in [0.2, 0.25) is 0 Å². The van der Waals surface area contributed by atoms with Crippen molar-refractivity contribution in [2.75, 3.05) is 18.0 Å². The van der Waals surface area contributed by atoms with Gasteiger partial charge in [-0.25, -0.2) is 9.78 Å². The summed E-state index contributed by atoms with van der Waals surface area (Å²) in [5.41, 5.74) is 2.83. The summed E-state index contributed by atoms with van der Waals surface area (Å²) in [4.78, 5) is 18.6. The molecule has 2 aromatic rings. The van der Waals surface area contributed by atoms with Gasteiger partial charge in [0.05, 0.1) is 0 Å². The molecule has 1 aromatic heterocycles. The Labute approximate surface area is 137 Å². The van der Waals surface area contributed by atoms with E-state index in [1.54, 1.807) is 0 Å². The van der Waals surface area contributed by atoms with Gasteiger partial charge in [-0.3, -0.25) is 0 Å². The van der Waals surface area contributed by atoms with Crippen LogP contribution in [-0.2, 0) is 0 Å². The van der Waals surface area contributed by atoms with Crippen LogP contribution in [0.2, 0.25) is 0 Å². The van der Waals surface area contributed by atoms with Crippen LogP contribution in [0.25, 0.3) is 11.1 Å². The maximum absolute atomic E-state index is 12.0. The van der Waals surface area contributed by atoms with Crippen LogP contribution in [0.5, 0.6) is 0 Å². The van der Waals surface area contributed by atoms with Gasteiger partial charge in [-0.05, 0) is 31.4 Å². The Morgan fingerprint density at radius 1 is 1.17 bits per heavy atom. The summed E-state index contributed by atoms with van der Waals surface area (Å²) in [5.74, 6) is -0.143. The fourth-order valence-corrected chi connectivity index (χ4v) is 2.65. The number of carboxylic acid groups (broad SMARTS) is 1. The standard InChI is InChI=1S/C19H24N2O2/c1-5-21(6-2)18-17(19(22)23)15(12-16(20-18)13(3)4)14-10-8-7-9-11-14/h7-13H,5-6H2,1-4H3,(H,22,23). The fourth-order valence-electron chi connectivity index (χ4n) is 2.65. The topological polar surface area (TPSA) is 53.4 Å². The minimum Gasteiger partial charge on any atom is -0.478 e. The molecule has 0 fully saturated rings. The summed E-state index contributed by atoms with van der Waals surface area (Å²) in [7, 11) is 0. The second kappa shape index (κ2) is 7.27. The summed E-state index contributed by atoms with van der Waals surface area (Å²) in [6.45, 7) is 9.62. The monoisotopic (exact) mass is 312 g/mol. The molecule has 4 heteroatoms. The van der Waals surface area contributed by atoms with E-state index in [2.05, 4.69) is 18.8 Å². The molecule has 23 heavy (non-hydrogen) atoms. The predicted octanol–water partition coefficient (Wildman–Crippen LogP) is 4.42. The number of hydrogen-bond donors (Lipinski definition) is 1. The number of hydrogen-bond acceptors (Lipinski definition) is 3. The van der Waals surface area contributed by atoms with Gasteiger partial charge in [0.15, 0.2) is 0 Å². The number of pyridine rings is 1. The Bertz CT molecular complexity index is 677. The summed E-state index contributed by atoms with van der Waals surface area (Å²) < 4.78 is 0. The van der Waals surface area contributed by atoms with Crippen molar-refractivity contribution in [2.24, 2.45) is 0 Å². The Hall–Kier alpha value is -2.36. The molecule has 0 bridgehead atoms. The molecular formula is C19H24N2O2. The third-order valence-electron chi connectivity index (χ3n) is 3.97. The lowest BCUT2D eigenvalue weighted by molar-refractivity contribution is 0.0698. The molecule has 0 radical (unpaired) electrons. The van der Waals surface area contributed by atoms with Crippen LogP contribution in [0, 0.1) is 0 Å². The normalized spacial score (nSPS) is 10.8. The van der Waals surface area contributed by atoms with Crippen LogP contribution in [0.4, 0.5) is 5.82 Å². The van der Waals surface area contributed by atoms with E-state index in [1.165, 1.54) is 0 Å². The highest BCUT2D eigenvalue weighted by molar-refractivity contribution is 6.01. The Morgan fingerprint density at radius 3 is 2.26 bits per heavy atom. The van der Waals surface area contributed by atoms with Crippen LogP contribution in [0.3, 0.4) is 0 Å². The van der Waals surface area contributed by atoms with E-state index in [1.807, 2.05) is 55.1 Å². The maximum atomic E-state index is 12.0. The van der Waals surface area contributed by atoms with Crippen molar-refractivity contribution in [3.63, 3.8) is 0 Å². The number of nitrogens with zero attached hydrogens (tertiary/aromatic N) is 2. The molecule has 1 N–H and O–H groups in total. The molecule has 0 spiro atoms. The highest BCUT2D eigenvalue weighted by Crippen LogP contribution is 2.33. The first-order valence-corrected chi connectivity index (χ1v) is 8.08. The highest BCUT2D eigenvalue weighted by Gasteiger charge is 2.23. The predicted molar refractivity (Wildman–Crippen MR) is 94.3 cm³/mol. The molecule has 0 aliphatic heterocycles. The van der Waals surface area contributed by atoms with Gasteiger partial charge in [0, 0.05) is 24.3 Å². The van der Waals surface area contributed by atoms with Crippen molar-refractivity contribution in [1.82, 2.24) is 4.98 Å². The molecule has 0 amide bonds. The molecule has 0 unspecified atom stereocenters. The summed E-state index contributed by atoms with van der Waals surface area (Å²) in [6, 6.07) is 11.6. The number of anilines is 1. The number of rotatable bonds is 6. The zero-order valence-corrected chi connectivity index (χ0v) is 14.2. The minimum absolute atomic E-state index is 0.231. The van der Waals surface area contributed by atoms with E-state index in [4.69, 9.17) is 0 Å². The first kappa shape index (κ1) is 17.0. The zero-order valence-electron chi connectivity index (χ0n) is 14.2. The van der Waals surface area contributed by atoms with Crippen molar-refractivity contribution in [2.45, 2.75) is 33.6 Å². The Balaban J connectivity index is 2.80. The van der Waals surface area contributed by atoms with Gasteiger partial charge in [-0.15, -0.1) is 0 Å². The number of benzene rings is 1. The van der Waals surface area contributed by atoms with Crippen LogP contribution in [0.15, 0.2) is 36.4 Å². The molecule has 122 valence electrons. The van der Waals surface area contributed by atoms with Gasteiger partial charge in [-0.1, -0.05) is 44.2 Å². The van der Waals surface area contributed by atoms with Gasteiger partial charge in [0.25, 0.3) is 0 Å². The molecule has 1 heterocycles. The van der Waals surface area contributed by atoms with Crippen LogP contribution in [0.1, 0.15) is 49.7 Å². The van der Waals surface area contributed by atoms with Gasteiger partial charge < -0.3 is 10.0 Å². The summed E-state index contributed by atoms with van der Waals surface area (Å²) in [6.07, 6.45) is 0. The first-order chi connectivity index (χ1) is 11.0. The lowest BCUT2D eigenvalue weighted by Crippen LogP contribution is -2.26. The molecule has 0 aliphatic rings. The molecule has 0 saturated heterocycles. The average Bonchev–Trinajstić information content (AvgIpc) is 2.55. The van der Waals surface area contributed by atoms with E-state index in [0.717, 1.165) is 29.9 Å². The number of aromatic nitrogens is 1. The van der Waals surface area contributed by atoms with Crippen molar-refractivity contribution in [3.05, 3.63) is 47.7 Å². The molecule has 1 aromatic carbocycles. The largest absolute Gasteiger partial charge is 0.478 e. The second-order valence-corrected chi connectivity index (χ2v) is 5.79. The van der Waals surface area contributed by atoms with E-state index in [-0.39, 0.29) is 11.5 Å². The first-order valence-electron chi connectivity index (χ1n) is 8.08. The fraction of sp³-hybridized carbons (Fsp3) is 0.368. The van der Waals surface area contributed by atoms with E-state index in [0.29, 0.717) is 5.82 Å². The van der Waals surface area contributed by atoms with E-state index in [9.17, 15) is 9.90 Å². The Morgan fingerprint density at radius 2 is 1.78 bits per heavy atom. The molecular weight excluding hydrogens is 288 g/mol. The lowest BCUT2D eigenvalue weighted by Gasteiger charge is -2.25. The van der Waals surface area contributed by atoms with Crippen molar-refractivity contribution in [3.8, 4) is 11.1 Å². The Kier molecular flexibility index (Phi) is 5.37. The SMILES string of the molecule is CCN(CC)c1nc(C(C)C)cc(-c2ccccc2)c1C(=O)O. The van der Waals surface area contributed by atoms with Crippen LogP contribution < -0.4 is 4.90 Å². The molecule has 0 atom stereocenters.